The van der Waals surface area contributed by atoms with Crippen molar-refractivity contribution in [1.29, 1.82) is 0 Å². The lowest BCUT2D eigenvalue weighted by Crippen LogP contribution is -2.40. The summed E-state index contributed by atoms with van der Waals surface area (Å²) in [6.07, 6.45) is 1.41. The normalized spacial score (nSPS) is 17.7. The van der Waals surface area contributed by atoms with Crippen LogP contribution < -0.4 is 16.2 Å². The van der Waals surface area contributed by atoms with Crippen molar-refractivity contribution >= 4 is 40.0 Å². The first-order valence-corrected chi connectivity index (χ1v) is 9.89. The van der Waals surface area contributed by atoms with Gasteiger partial charge in [-0.2, -0.15) is 0 Å². The van der Waals surface area contributed by atoms with Crippen molar-refractivity contribution < 1.29 is 14.4 Å². The molecule has 2 N–H and O–H groups in total. The molecule has 0 spiro atoms. The lowest BCUT2D eigenvalue weighted by atomic mass is 10.1. The number of aromatic nitrogens is 3. The number of rotatable bonds is 3. The van der Waals surface area contributed by atoms with Crippen molar-refractivity contribution in [3.63, 3.8) is 0 Å². The van der Waals surface area contributed by atoms with E-state index in [1.165, 1.54) is 6.07 Å². The molecule has 2 aliphatic rings. The highest BCUT2D eigenvalue weighted by Gasteiger charge is 2.38. The van der Waals surface area contributed by atoms with Crippen LogP contribution in [-0.4, -0.2) is 50.2 Å². The Bertz CT molecular complexity index is 1300. The number of carbonyl (C=O) groups excluding carboxylic acids is 3. The van der Waals surface area contributed by atoms with E-state index in [1.54, 1.807) is 41.3 Å². The van der Waals surface area contributed by atoms with Crippen molar-refractivity contribution in [2.75, 3.05) is 17.2 Å². The van der Waals surface area contributed by atoms with Gasteiger partial charge in [0.05, 0.1) is 16.6 Å². The monoisotopic (exact) mass is 418 g/mol. The van der Waals surface area contributed by atoms with Gasteiger partial charge in [0.1, 0.15) is 18.1 Å². The molecular formula is C21H18N6O4. The number of hydrogen-bond donors (Lipinski definition) is 2. The summed E-state index contributed by atoms with van der Waals surface area (Å²) >= 11 is 0. The Kier molecular flexibility index (Phi) is 4.46. The third-order valence-corrected chi connectivity index (χ3v) is 5.53. The lowest BCUT2D eigenvalue weighted by molar-refractivity contribution is -0.119. The van der Waals surface area contributed by atoms with E-state index in [2.05, 4.69) is 20.9 Å². The topological polar surface area (TPSA) is 126 Å². The van der Waals surface area contributed by atoms with E-state index in [1.807, 2.05) is 0 Å². The summed E-state index contributed by atoms with van der Waals surface area (Å²) in [5, 5.41) is 13.6. The standard InChI is InChI=1S/C21H18N6O4/c28-18(11-27-21(31)13-4-1-2-5-16(13)24-25-27)22-12-7-8-15-14(10-12)20(30)26-9-3-6-17(26)19(29)23-15/h1-2,4-5,7-8,10,17H,3,6,9,11H2,(H,22,28)(H,23,29)/t17-/m0/s1. The molecular weight excluding hydrogens is 400 g/mol. The Morgan fingerprint density at radius 2 is 2.00 bits per heavy atom. The van der Waals surface area contributed by atoms with Gasteiger partial charge < -0.3 is 15.5 Å². The summed E-state index contributed by atoms with van der Waals surface area (Å²) in [5.41, 5.74) is 1.15. The molecule has 2 aliphatic heterocycles. The molecule has 3 heterocycles. The highest BCUT2D eigenvalue weighted by Crippen LogP contribution is 2.30. The van der Waals surface area contributed by atoms with Gasteiger partial charge in [-0.3, -0.25) is 19.2 Å². The minimum Gasteiger partial charge on any atom is -0.327 e. The van der Waals surface area contributed by atoms with E-state index in [0.29, 0.717) is 40.8 Å². The SMILES string of the molecule is O=C(Cn1nnc2ccccc2c1=O)Nc1ccc2c(c1)C(=O)N1CCC[C@H]1C(=O)N2. The predicted molar refractivity (Wildman–Crippen MR) is 112 cm³/mol. The van der Waals surface area contributed by atoms with Crippen LogP contribution in [0.5, 0.6) is 0 Å². The van der Waals surface area contributed by atoms with Crippen molar-refractivity contribution in [3.8, 4) is 0 Å². The van der Waals surface area contributed by atoms with Gasteiger partial charge >= 0.3 is 0 Å². The number of fused-ring (bicyclic) bond motifs is 3. The molecule has 0 saturated carbocycles. The number of nitrogens with zero attached hydrogens (tertiary/aromatic N) is 4. The summed E-state index contributed by atoms with van der Waals surface area (Å²) in [4.78, 5) is 51.9. The van der Waals surface area contributed by atoms with Crippen molar-refractivity contribution in [2.24, 2.45) is 0 Å². The summed E-state index contributed by atoms with van der Waals surface area (Å²) in [6, 6.07) is 11.0. The smallest absolute Gasteiger partial charge is 0.278 e. The van der Waals surface area contributed by atoms with Crippen LogP contribution in [0.4, 0.5) is 11.4 Å². The van der Waals surface area contributed by atoms with Gasteiger partial charge in [0.2, 0.25) is 11.8 Å². The summed E-state index contributed by atoms with van der Waals surface area (Å²) in [5.74, 6) is -0.935. The van der Waals surface area contributed by atoms with Crippen molar-refractivity contribution in [1.82, 2.24) is 19.9 Å². The Balaban J connectivity index is 1.38. The molecule has 0 bridgehead atoms. The van der Waals surface area contributed by atoms with Gasteiger partial charge in [0, 0.05) is 12.2 Å². The second-order valence-corrected chi connectivity index (χ2v) is 7.52. The zero-order valence-electron chi connectivity index (χ0n) is 16.4. The summed E-state index contributed by atoms with van der Waals surface area (Å²) < 4.78 is 0.987. The molecule has 3 amide bonds. The number of carbonyl (C=O) groups is 3. The summed E-state index contributed by atoms with van der Waals surface area (Å²) in [7, 11) is 0. The Morgan fingerprint density at radius 3 is 2.87 bits per heavy atom. The highest BCUT2D eigenvalue weighted by atomic mass is 16.2. The van der Waals surface area contributed by atoms with Crippen LogP contribution >= 0.6 is 0 Å². The minimum atomic E-state index is -0.490. The number of nitrogens with one attached hydrogen (secondary N) is 2. The molecule has 31 heavy (non-hydrogen) atoms. The molecule has 0 aliphatic carbocycles. The minimum absolute atomic E-state index is 0.198. The largest absolute Gasteiger partial charge is 0.327 e. The van der Waals surface area contributed by atoms with E-state index in [-0.39, 0.29) is 18.4 Å². The molecule has 2 aromatic carbocycles. The van der Waals surface area contributed by atoms with Gasteiger partial charge in [0.25, 0.3) is 11.5 Å². The molecule has 1 saturated heterocycles. The van der Waals surface area contributed by atoms with Gasteiger partial charge in [-0.05, 0) is 43.2 Å². The van der Waals surface area contributed by atoms with Gasteiger partial charge in [-0.1, -0.05) is 17.3 Å². The third-order valence-electron chi connectivity index (χ3n) is 5.53. The predicted octanol–water partition coefficient (Wildman–Crippen LogP) is 0.987. The average molecular weight is 418 g/mol. The van der Waals surface area contributed by atoms with Crippen LogP contribution in [0.2, 0.25) is 0 Å². The van der Waals surface area contributed by atoms with E-state index >= 15 is 0 Å². The highest BCUT2D eigenvalue weighted by molar-refractivity contribution is 6.11. The maximum atomic E-state index is 12.9. The molecule has 1 fully saturated rings. The summed E-state index contributed by atoms with van der Waals surface area (Å²) in [6.45, 7) is 0.198. The van der Waals surface area contributed by atoms with Gasteiger partial charge in [0.15, 0.2) is 0 Å². The molecule has 0 unspecified atom stereocenters. The Labute approximate surface area is 175 Å². The van der Waals surface area contributed by atoms with Crippen LogP contribution in [0.15, 0.2) is 47.3 Å². The van der Waals surface area contributed by atoms with Gasteiger partial charge in [-0.25, -0.2) is 4.68 Å². The van der Waals surface area contributed by atoms with Crippen LogP contribution in [-0.2, 0) is 16.1 Å². The first-order chi connectivity index (χ1) is 15.0. The molecule has 0 radical (unpaired) electrons. The first kappa shape index (κ1) is 18.9. The molecule has 10 nitrogen and oxygen atoms in total. The Morgan fingerprint density at radius 1 is 1.16 bits per heavy atom. The van der Waals surface area contributed by atoms with E-state index in [9.17, 15) is 19.2 Å². The van der Waals surface area contributed by atoms with E-state index < -0.39 is 17.5 Å². The van der Waals surface area contributed by atoms with Gasteiger partial charge in [-0.15, -0.1) is 5.10 Å². The molecule has 10 heteroatoms. The second kappa shape index (κ2) is 7.31. The van der Waals surface area contributed by atoms with E-state index in [0.717, 1.165) is 11.1 Å². The molecule has 1 atom stereocenters. The van der Waals surface area contributed by atoms with Crippen LogP contribution in [0.3, 0.4) is 0 Å². The van der Waals surface area contributed by atoms with Crippen molar-refractivity contribution in [2.45, 2.75) is 25.4 Å². The second-order valence-electron chi connectivity index (χ2n) is 7.52. The number of benzene rings is 2. The average Bonchev–Trinajstić information content (AvgIpc) is 3.23. The zero-order valence-corrected chi connectivity index (χ0v) is 16.4. The maximum Gasteiger partial charge on any atom is 0.278 e. The molecule has 5 rings (SSSR count). The third kappa shape index (κ3) is 3.31. The number of anilines is 2. The maximum absolute atomic E-state index is 12.9. The molecule has 156 valence electrons. The lowest BCUT2D eigenvalue weighted by Gasteiger charge is -2.20. The number of amides is 3. The van der Waals surface area contributed by atoms with Crippen LogP contribution in [0.1, 0.15) is 23.2 Å². The Hall–Kier alpha value is -4.08. The zero-order chi connectivity index (χ0) is 21.5. The van der Waals surface area contributed by atoms with Crippen LogP contribution in [0, 0.1) is 0 Å². The van der Waals surface area contributed by atoms with Crippen molar-refractivity contribution in [3.05, 3.63) is 58.4 Å². The fourth-order valence-corrected chi connectivity index (χ4v) is 4.02. The first-order valence-electron chi connectivity index (χ1n) is 9.89. The fraction of sp³-hybridized carbons (Fsp3) is 0.238. The molecule has 1 aromatic heterocycles. The quantitative estimate of drug-likeness (QED) is 0.653. The fourth-order valence-electron chi connectivity index (χ4n) is 4.02. The van der Waals surface area contributed by atoms with Crippen LogP contribution in [0.25, 0.3) is 10.9 Å². The van der Waals surface area contributed by atoms with E-state index in [4.69, 9.17) is 0 Å². The molecule has 3 aromatic rings. The number of hydrogen-bond acceptors (Lipinski definition) is 6.